The third-order valence-corrected chi connectivity index (χ3v) is 9.81. The van der Waals surface area contributed by atoms with Crippen molar-refractivity contribution in [2.24, 2.45) is 0 Å². The number of nitrogens with zero attached hydrogens (tertiary/aromatic N) is 2. The van der Waals surface area contributed by atoms with Crippen molar-refractivity contribution in [1.82, 2.24) is 19.9 Å². The molecule has 61 heavy (non-hydrogen) atoms. The Kier molecular flexibility index (Phi) is 15.2. The number of carboxylic acids is 8. The standard InChI is InChI=1S/C40H38N4O16.Ga/c45-33(46)5-1-17-21(9-37(53)54)29-14-26-19(3-7-35(49)50)23(11-39(57)58)31(43-26)16-28-20(4-8-36(51)52)24(12-40(59)60)32(44-28)15-27-18(2-6-34(47)48)22(10-38(55)56)30(42-27)13-25(17)41-29;/h13-16,41-42H,1-12H2,(H,45,46)(H,47,48)(H,49,50)(H,51,52)(H,53,54)(H,55,56)(H,57,58)(H,59,60);/q;+3. The first-order valence-corrected chi connectivity index (χ1v) is 18.3. The summed E-state index contributed by atoms with van der Waals surface area (Å²) >= 11 is 0. The molecule has 20 nitrogen and oxygen atoms in total. The van der Waals surface area contributed by atoms with Gasteiger partial charge in [0.15, 0.2) is 0 Å². The Morgan fingerprint density at radius 1 is 0.361 bits per heavy atom. The SMILES string of the molecule is O=C(O)CCC1=C(CC(=O)O)c2cc3nc(cc4[nH]c(cc5[nH]c(cc1n2)c(CC(=O)O)c5CCC(=O)O)c(CC(=O)O)c4CCC(=O)O)C(CC(=O)O)=C3CCC(=O)O.[Ga+3]. The average molecular weight is 900 g/mol. The number of fused-ring (bicyclic) bond motifs is 8. The molecule has 0 fully saturated rings. The van der Waals surface area contributed by atoms with Gasteiger partial charge in [0.25, 0.3) is 0 Å². The van der Waals surface area contributed by atoms with Gasteiger partial charge in [-0.1, -0.05) is 0 Å². The minimum Gasteiger partial charge on any atom is -0.481 e. The van der Waals surface area contributed by atoms with Crippen LogP contribution >= 0.6 is 0 Å². The zero-order chi connectivity index (χ0) is 44.0. The average Bonchev–Trinajstić information content (AvgIpc) is 3.81. The molecular weight excluding hydrogens is 862 g/mol. The number of aromatic amines is 2. The third-order valence-electron chi connectivity index (χ3n) is 9.81. The quantitative estimate of drug-likeness (QED) is 0.0722. The molecule has 0 amide bonds. The van der Waals surface area contributed by atoms with Crippen LogP contribution < -0.4 is 0 Å². The van der Waals surface area contributed by atoms with E-state index in [-0.39, 0.29) is 135 Å². The number of rotatable bonds is 20. The Labute approximate surface area is 356 Å². The molecule has 0 aliphatic carbocycles. The Hall–Kier alpha value is -7.00. The molecule has 10 N–H and O–H groups in total. The van der Waals surface area contributed by atoms with E-state index in [1.807, 2.05) is 0 Å². The van der Waals surface area contributed by atoms with Gasteiger partial charge in [-0.25, -0.2) is 9.97 Å². The topological polar surface area (TPSA) is 356 Å². The summed E-state index contributed by atoms with van der Waals surface area (Å²) in [7, 11) is 0. The molecule has 0 saturated heterocycles. The summed E-state index contributed by atoms with van der Waals surface area (Å²) in [6, 6.07) is 5.39. The zero-order valence-corrected chi connectivity index (χ0v) is 34.5. The van der Waals surface area contributed by atoms with Gasteiger partial charge in [0, 0.05) is 47.8 Å². The van der Waals surface area contributed by atoms with Crippen LogP contribution in [0.5, 0.6) is 0 Å². The summed E-state index contributed by atoms with van der Waals surface area (Å²) in [6.07, 6.45) is -5.74. The Bertz CT molecular complexity index is 2600. The maximum atomic E-state index is 12.3. The van der Waals surface area contributed by atoms with Gasteiger partial charge in [0.2, 0.25) is 0 Å². The van der Waals surface area contributed by atoms with E-state index in [1.54, 1.807) is 0 Å². The molecule has 2 aliphatic heterocycles. The molecule has 3 aromatic heterocycles. The van der Waals surface area contributed by atoms with Gasteiger partial charge in [-0.3, -0.25) is 38.4 Å². The first-order chi connectivity index (χ1) is 28.3. The molecule has 2 aliphatic rings. The fourth-order valence-electron chi connectivity index (χ4n) is 7.37. The van der Waals surface area contributed by atoms with Crippen LogP contribution in [0, 0.1) is 0 Å². The smallest absolute Gasteiger partial charge is 0.481 e. The molecule has 5 rings (SSSR count). The molecule has 0 radical (unpaired) electrons. The maximum Gasteiger partial charge on any atom is 3.00 e. The number of carboxylic acid groups (broad SMARTS) is 8. The van der Waals surface area contributed by atoms with E-state index < -0.39 is 99.1 Å². The van der Waals surface area contributed by atoms with E-state index in [9.17, 15) is 79.2 Å². The molecule has 0 spiro atoms. The van der Waals surface area contributed by atoms with Crippen molar-refractivity contribution in [1.29, 1.82) is 0 Å². The van der Waals surface area contributed by atoms with Crippen LogP contribution in [0.4, 0.5) is 0 Å². The van der Waals surface area contributed by atoms with Crippen molar-refractivity contribution in [3.05, 3.63) is 69.3 Å². The number of carbonyl (C=O) groups is 8. The molecule has 0 saturated carbocycles. The van der Waals surface area contributed by atoms with E-state index in [4.69, 9.17) is 0 Å². The number of hydrogen-bond donors (Lipinski definition) is 10. The Morgan fingerprint density at radius 3 is 1.03 bits per heavy atom. The van der Waals surface area contributed by atoms with Gasteiger partial charge in [0.05, 0.1) is 48.5 Å². The van der Waals surface area contributed by atoms with Crippen LogP contribution in [0.2, 0.25) is 0 Å². The van der Waals surface area contributed by atoms with Crippen LogP contribution in [-0.2, 0) is 64.0 Å². The largest absolute Gasteiger partial charge is 3.00 e. The second kappa shape index (κ2) is 19.8. The van der Waals surface area contributed by atoms with E-state index in [0.717, 1.165) is 0 Å². The summed E-state index contributed by atoms with van der Waals surface area (Å²) in [4.78, 5) is 112. The molecule has 21 heteroatoms. The van der Waals surface area contributed by atoms with Gasteiger partial charge in [0.1, 0.15) is 0 Å². The maximum absolute atomic E-state index is 12.3. The number of aromatic nitrogens is 4. The zero-order valence-electron chi connectivity index (χ0n) is 32.1. The summed E-state index contributed by atoms with van der Waals surface area (Å²) in [5.41, 5.74) is 1.10. The van der Waals surface area contributed by atoms with Crippen LogP contribution in [-0.4, -0.2) is 128 Å². The van der Waals surface area contributed by atoms with Crippen LogP contribution in [0.1, 0.15) is 96.4 Å². The number of nitrogens with one attached hydrogen (secondary N) is 2. The number of aryl methyl sites for hydroxylation is 2. The van der Waals surface area contributed by atoms with Crippen molar-refractivity contribution in [3.63, 3.8) is 0 Å². The first kappa shape index (κ1) is 46.7. The second-order valence-corrected chi connectivity index (χ2v) is 13.9. The van der Waals surface area contributed by atoms with Gasteiger partial charge in [-0.15, -0.1) is 0 Å². The molecular formula is C40H38GaN4O16+3. The van der Waals surface area contributed by atoms with E-state index in [0.29, 0.717) is 0 Å². The van der Waals surface area contributed by atoms with Crippen LogP contribution in [0.3, 0.4) is 0 Å². The Balaban J connectivity index is 0.00000819. The third kappa shape index (κ3) is 11.6. The number of H-pyrrole nitrogens is 2. The van der Waals surface area contributed by atoms with Crippen molar-refractivity contribution >= 4 is 112 Å². The van der Waals surface area contributed by atoms with Crippen LogP contribution in [0.25, 0.3) is 44.4 Å². The van der Waals surface area contributed by atoms with Gasteiger partial charge in [-0.05, 0) is 94.5 Å². The van der Waals surface area contributed by atoms with Gasteiger partial charge in [-0.2, -0.15) is 0 Å². The minimum atomic E-state index is -1.35. The predicted octanol–water partition coefficient (Wildman–Crippen LogP) is 3.72. The normalized spacial score (nSPS) is 12.2. The predicted molar refractivity (Wildman–Crippen MR) is 213 cm³/mol. The van der Waals surface area contributed by atoms with Gasteiger partial charge >= 0.3 is 67.5 Å². The molecule has 5 heterocycles. The second-order valence-electron chi connectivity index (χ2n) is 13.9. The number of aliphatic carboxylic acids is 8. The molecule has 3 aromatic rings. The number of hydrogen-bond acceptors (Lipinski definition) is 10. The minimum absolute atomic E-state index is 0. The van der Waals surface area contributed by atoms with Crippen molar-refractivity contribution in [3.8, 4) is 0 Å². The van der Waals surface area contributed by atoms with E-state index in [1.165, 1.54) is 24.3 Å². The first-order valence-electron chi connectivity index (χ1n) is 18.3. The molecule has 8 bridgehead atoms. The summed E-state index contributed by atoms with van der Waals surface area (Å²) < 4.78 is 0. The van der Waals surface area contributed by atoms with E-state index in [2.05, 4.69) is 19.9 Å². The fraction of sp³-hybridized carbons (Fsp3) is 0.300. The summed E-state index contributed by atoms with van der Waals surface area (Å²) in [5, 5.41) is 78.6. The molecule has 0 atom stereocenters. The Morgan fingerprint density at radius 2 is 0.656 bits per heavy atom. The molecule has 0 aromatic carbocycles. The van der Waals surface area contributed by atoms with Gasteiger partial charge < -0.3 is 50.8 Å². The van der Waals surface area contributed by atoms with Crippen LogP contribution in [0.15, 0.2) is 24.3 Å². The summed E-state index contributed by atoms with van der Waals surface area (Å²) in [5.74, 6) is -10.3. The van der Waals surface area contributed by atoms with Crippen molar-refractivity contribution in [2.75, 3.05) is 0 Å². The molecule has 0 unspecified atom stereocenters. The van der Waals surface area contributed by atoms with E-state index >= 15 is 0 Å². The van der Waals surface area contributed by atoms with Crippen molar-refractivity contribution in [2.45, 2.75) is 77.0 Å². The summed E-state index contributed by atoms with van der Waals surface area (Å²) in [6.45, 7) is 0. The molecule has 314 valence electrons. The monoisotopic (exact) mass is 899 g/mol. The fourth-order valence-corrected chi connectivity index (χ4v) is 7.37. The number of allylic oxidation sites excluding steroid dienone is 2. The van der Waals surface area contributed by atoms with Crippen molar-refractivity contribution < 1.29 is 79.2 Å².